The van der Waals surface area contributed by atoms with Crippen molar-refractivity contribution in [2.24, 2.45) is 0 Å². The molecular formula is C14H17NO2S. The monoisotopic (exact) mass is 263 g/mol. The van der Waals surface area contributed by atoms with Gasteiger partial charge in [0.2, 0.25) is 0 Å². The number of phenolic OH excluding ortho intramolecular Hbond substituents is 1. The molecule has 0 aliphatic carbocycles. The van der Waals surface area contributed by atoms with Gasteiger partial charge in [-0.2, -0.15) is 0 Å². The smallest absolute Gasteiger partial charge is 0.160 e. The van der Waals surface area contributed by atoms with E-state index in [1.54, 1.807) is 24.5 Å². The van der Waals surface area contributed by atoms with Gasteiger partial charge in [0.25, 0.3) is 0 Å². The van der Waals surface area contributed by atoms with E-state index < -0.39 is 0 Å². The second-order valence-corrected chi connectivity index (χ2v) is 5.10. The second kappa shape index (κ2) is 5.89. The summed E-state index contributed by atoms with van der Waals surface area (Å²) >= 11 is 1.75. The molecule has 0 aliphatic heterocycles. The van der Waals surface area contributed by atoms with E-state index in [-0.39, 0.29) is 5.75 Å². The average Bonchev–Trinajstić information content (AvgIpc) is 2.91. The lowest BCUT2D eigenvalue weighted by Crippen LogP contribution is -2.17. The Morgan fingerprint density at radius 2 is 2.22 bits per heavy atom. The lowest BCUT2D eigenvalue weighted by Gasteiger charge is -2.13. The third kappa shape index (κ3) is 3.03. The molecule has 1 aromatic heterocycles. The van der Waals surface area contributed by atoms with Crippen molar-refractivity contribution in [3.63, 3.8) is 0 Å². The summed E-state index contributed by atoms with van der Waals surface area (Å²) in [7, 11) is 1.56. The molecule has 2 N–H and O–H groups in total. The van der Waals surface area contributed by atoms with E-state index in [0.717, 1.165) is 12.1 Å². The molecule has 0 fully saturated rings. The predicted molar refractivity (Wildman–Crippen MR) is 74.2 cm³/mol. The molecule has 0 amide bonds. The van der Waals surface area contributed by atoms with Crippen LogP contribution in [0.3, 0.4) is 0 Å². The van der Waals surface area contributed by atoms with E-state index >= 15 is 0 Å². The van der Waals surface area contributed by atoms with Crippen LogP contribution in [0.15, 0.2) is 35.7 Å². The highest BCUT2D eigenvalue weighted by Gasteiger charge is 2.07. The van der Waals surface area contributed by atoms with Crippen molar-refractivity contribution in [2.75, 3.05) is 7.11 Å². The summed E-state index contributed by atoms with van der Waals surface area (Å²) in [5.74, 6) is 0.686. The van der Waals surface area contributed by atoms with Gasteiger partial charge in [0.1, 0.15) is 0 Å². The molecule has 0 aliphatic rings. The number of rotatable bonds is 5. The number of aromatic hydroxyl groups is 1. The SMILES string of the molecule is COc1cc(CN[C@@H](C)c2cccs2)ccc1O. The van der Waals surface area contributed by atoms with Gasteiger partial charge in [0.15, 0.2) is 11.5 Å². The highest BCUT2D eigenvalue weighted by Crippen LogP contribution is 2.26. The van der Waals surface area contributed by atoms with Gasteiger partial charge >= 0.3 is 0 Å². The van der Waals surface area contributed by atoms with Crippen molar-refractivity contribution in [2.45, 2.75) is 19.5 Å². The minimum Gasteiger partial charge on any atom is -0.504 e. The Morgan fingerprint density at radius 1 is 1.39 bits per heavy atom. The number of phenols is 1. The number of methoxy groups -OCH3 is 1. The van der Waals surface area contributed by atoms with Gasteiger partial charge in [-0.25, -0.2) is 0 Å². The van der Waals surface area contributed by atoms with Crippen LogP contribution in [0.25, 0.3) is 0 Å². The Morgan fingerprint density at radius 3 is 2.89 bits per heavy atom. The quantitative estimate of drug-likeness (QED) is 0.869. The zero-order chi connectivity index (χ0) is 13.0. The topological polar surface area (TPSA) is 41.5 Å². The highest BCUT2D eigenvalue weighted by atomic mass is 32.1. The Kier molecular flexibility index (Phi) is 4.23. The first-order valence-electron chi connectivity index (χ1n) is 5.83. The molecule has 0 saturated carbocycles. The Labute approximate surface area is 111 Å². The van der Waals surface area contributed by atoms with Gasteiger partial charge in [-0.15, -0.1) is 11.3 Å². The molecule has 18 heavy (non-hydrogen) atoms. The number of nitrogens with one attached hydrogen (secondary N) is 1. The number of ether oxygens (including phenoxy) is 1. The first kappa shape index (κ1) is 12.9. The third-order valence-corrected chi connectivity index (χ3v) is 3.88. The summed E-state index contributed by atoms with van der Waals surface area (Å²) in [6.45, 7) is 2.89. The predicted octanol–water partition coefficient (Wildman–Crippen LogP) is 3.31. The number of thiophene rings is 1. The van der Waals surface area contributed by atoms with Gasteiger partial charge in [-0.1, -0.05) is 12.1 Å². The molecule has 0 saturated heterocycles. The van der Waals surface area contributed by atoms with Crippen molar-refractivity contribution in [1.82, 2.24) is 5.32 Å². The van der Waals surface area contributed by atoms with Gasteiger partial charge in [-0.3, -0.25) is 0 Å². The summed E-state index contributed by atoms with van der Waals surface area (Å²) in [6, 6.07) is 9.91. The van der Waals surface area contributed by atoms with Crippen LogP contribution in [-0.2, 0) is 6.54 Å². The van der Waals surface area contributed by atoms with Crippen molar-refractivity contribution < 1.29 is 9.84 Å². The molecule has 0 spiro atoms. The van der Waals surface area contributed by atoms with Gasteiger partial charge in [-0.05, 0) is 36.1 Å². The van der Waals surface area contributed by atoms with Crippen LogP contribution >= 0.6 is 11.3 Å². The van der Waals surface area contributed by atoms with Crippen molar-refractivity contribution in [3.8, 4) is 11.5 Å². The Bertz CT molecular complexity index is 497. The highest BCUT2D eigenvalue weighted by molar-refractivity contribution is 7.10. The number of hydrogen-bond acceptors (Lipinski definition) is 4. The maximum atomic E-state index is 9.52. The van der Waals surface area contributed by atoms with Crippen LogP contribution in [0.4, 0.5) is 0 Å². The standard InChI is InChI=1S/C14H17NO2S/c1-10(14-4-3-7-18-14)15-9-11-5-6-12(16)13(8-11)17-2/h3-8,10,15-16H,9H2,1-2H3/t10-/m0/s1. The van der Waals surface area contributed by atoms with Crippen LogP contribution in [-0.4, -0.2) is 12.2 Å². The first-order valence-corrected chi connectivity index (χ1v) is 6.71. The van der Waals surface area contributed by atoms with Gasteiger partial charge < -0.3 is 15.2 Å². The number of benzene rings is 1. The van der Waals surface area contributed by atoms with Gasteiger partial charge in [0.05, 0.1) is 7.11 Å². The fourth-order valence-corrected chi connectivity index (χ4v) is 2.50. The van der Waals surface area contributed by atoms with E-state index in [1.807, 2.05) is 12.1 Å². The van der Waals surface area contributed by atoms with E-state index in [9.17, 15) is 5.11 Å². The summed E-state index contributed by atoms with van der Waals surface area (Å²) in [5.41, 5.74) is 1.09. The van der Waals surface area contributed by atoms with Crippen molar-refractivity contribution >= 4 is 11.3 Å². The molecular weight excluding hydrogens is 246 g/mol. The molecule has 1 aromatic carbocycles. The normalized spacial score (nSPS) is 12.3. The summed E-state index contributed by atoms with van der Waals surface area (Å²) in [6.07, 6.45) is 0. The molecule has 2 aromatic rings. The second-order valence-electron chi connectivity index (χ2n) is 4.12. The summed E-state index contributed by atoms with van der Waals surface area (Å²) < 4.78 is 5.09. The molecule has 96 valence electrons. The molecule has 3 nitrogen and oxygen atoms in total. The maximum Gasteiger partial charge on any atom is 0.160 e. The molecule has 0 unspecified atom stereocenters. The lowest BCUT2D eigenvalue weighted by molar-refractivity contribution is 0.372. The van der Waals surface area contributed by atoms with Crippen LogP contribution in [0.5, 0.6) is 11.5 Å². The van der Waals surface area contributed by atoms with Crippen molar-refractivity contribution in [1.29, 1.82) is 0 Å². The molecule has 0 radical (unpaired) electrons. The average molecular weight is 263 g/mol. The summed E-state index contributed by atoms with van der Waals surface area (Å²) in [5, 5.41) is 15.0. The largest absolute Gasteiger partial charge is 0.504 e. The van der Waals surface area contributed by atoms with Crippen molar-refractivity contribution in [3.05, 3.63) is 46.2 Å². The van der Waals surface area contributed by atoms with Gasteiger partial charge in [0, 0.05) is 17.5 Å². The van der Waals surface area contributed by atoms with Crippen LogP contribution in [0, 0.1) is 0 Å². The minimum absolute atomic E-state index is 0.174. The lowest BCUT2D eigenvalue weighted by atomic mass is 10.2. The van der Waals surface area contributed by atoms with Crippen LogP contribution in [0.2, 0.25) is 0 Å². The first-order chi connectivity index (χ1) is 8.70. The van der Waals surface area contributed by atoms with Crippen LogP contribution < -0.4 is 10.1 Å². The zero-order valence-corrected chi connectivity index (χ0v) is 11.3. The summed E-state index contributed by atoms with van der Waals surface area (Å²) in [4.78, 5) is 1.32. The maximum absolute atomic E-state index is 9.52. The molecule has 2 rings (SSSR count). The van der Waals surface area contributed by atoms with E-state index in [4.69, 9.17) is 4.74 Å². The zero-order valence-electron chi connectivity index (χ0n) is 10.5. The minimum atomic E-state index is 0.174. The van der Waals surface area contributed by atoms with Crippen LogP contribution in [0.1, 0.15) is 23.4 Å². The van der Waals surface area contributed by atoms with E-state index in [0.29, 0.717) is 11.8 Å². The third-order valence-electron chi connectivity index (χ3n) is 2.83. The molecule has 1 heterocycles. The van der Waals surface area contributed by atoms with E-state index in [1.165, 1.54) is 4.88 Å². The Balaban J connectivity index is 1.98. The van der Waals surface area contributed by atoms with E-state index in [2.05, 4.69) is 29.8 Å². The fraction of sp³-hybridized carbons (Fsp3) is 0.286. The molecule has 4 heteroatoms. The number of hydrogen-bond donors (Lipinski definition) is 2. The Hall–Kier alpha value is -1.52. The fourth-order valence-electron chi connectivity index (χ4n) is 1.74. The molecule has 1 atom stereocenters. The molecule has 0 bridgehead atoms.